The normalized spacial score (nSPS) is 10.9. The van der Waals surface area contributed by atoms with Crippen molar-refractivity contribution in [2.24, 2.45) is 5.10 Å². The van der Waals surface area contributed by atoms with Gasteiger partial charge in [0.2, 0.25) is 0 Å². The van der Waals surface area contributed by atoms with Crippen molar-refractivity contribution in [3.8, 4) is 28.6 Å². The molecule has 2 aromatic carbocycles. The summed E-state index contributed by atoms with van der Waals surface area (Å²) in [6.45, 7) is 6.20. The Kier molecular flexibility index (Phi) is 8.66. The molecular weight excluding hydrogens is 488 g/mol. The molecule has 0 fully saturated rings. The number of hydrogen-bond acceptors (Lipinski definition) is 8. The summed E-state index contributed by atoms with van der Waals surface area (Å²) in [4.78, 5) is 16.7. The van der Waals surface area contributed by atoms with E-state index in [2.05, 4.69) is 32.3 Å². The van der Waals surface area contributed by atoms with Crippen molar-refractivity contribution in [3.63, 3.8) is 0 Å². The first-order valence-electron chi connectivity index (χ1n) is 11.6. The summed E-state index contributed by atoms with van der Waals surface area (Å²) in [5.74, 6) is 1.21. The monoisotopic (exact) mass is 514 g/mol. The van der Waals surface area contributed by atoms with Crippen molar-refractivity contribution in [2.75, 3.05) is 12.4 Å². The molecule has 9 nitrogen and oxygen atoms in total. The number of para-hydroxylation sites is 1. The van der Waals surface area contributed by atoms with Crippen LogP contribution in [0.2, 0.25) is 0 Å². The zero-order valence-electron chi connectivity index (χ0n) is 20.2. The van der Waals surface area contributed by atoms with Crippen molar-refractivity contribution in [1.29, 1.82) is 0 Å². The minimum Gasteiger partial charge on any atom is -0.507 e. The maximum absolute atomic E-state index is 12.5. The number of phenolic OH excluding ortho intramolecular Hbond substituents is 1. The summed E-state index contributed by atoms with van der Waals surface area (Å²) < 4.78 is 7.43. The van der Waals surface area contributed by atoms with E-state index < -0.39 is 0 Å². The van der Waals surface area contributed by atoms with Crippen molar-refractivity contribution in [2.45, 2.75) is 18.5 Å². The van der Waals surface area contributed by atoms with Crippen LogP contribution in [0.15, 0.2) is 89.9 Å². The van der Waals surface area contributed by atoms with Crippen LogP contribution in [0.4, 0.5) is 0 Å². The molecule has 1 amide bonds. The molecule has 0 unspecified atom stereocenters. The van der Waals surface area contributed by atoms with E-state index in [1.807, 2.05) is 60.0 Å². The van der Waals surface area contributed by atoms with Crippen molar-refractivity contribution >= 4 is 23.9 Å². The lowest BCUT2D eigenvalue weighted by atomic mass is 10.1. The molecular formula is C27H26N6O3S. The van der Waals surface area contributed by atoms with Gasteiger partial charge in [0.05, 0.1) is 18.6 Å². The average molecular weight is 515 g/mol. The van der Waals surface area contributed by atoms with Gasteiger partial charge >= 0.3 is 0 Å². The third kappa shape index (κ3) is 6.42. The first kappa shape index (κ1) is 25.6. The molecule has 4 rings (SSSR count). The summed E-state index contributed by atoms with van der Waals surface area (Å²) >= 11 is 1.23. The van der Waals surface area contributed by atoms with Crippen molar-refractivity contribution in [1.82, 2.24) is 25.2 Å². The predicted octanol–water partition coefficient (Wildman–Crippen LogP) is 4.40. The number of phenols is 1. The number of amides is 1. The number of aromatic hydroxyl groups is 1. The minimum atomic E-state index is -0.327. The molecule has 0 aliphatic carbocycles. The van der Waals surface area contributed by atoms with Gasteiger partial charge in [0.15, 0.2) is 11.0 Å². The van der Waals surface area contributed by atoms with Crippen LogP contribution in [0.3, 0.4) is 0 Å². The fourth-order valence-corrected chi connectivity index (χ4v) is 4.25. The third-order valence-corrected chi connectivity index (χ3v) is 6.13. The largest absolute Gasteiger partial charge is 0.507 e. The van der Waals surface area contributed by atoms with E-state index in [0.717, 1.165) is 22.6 Å². The smallest absolute Gasteiger partial charge is 0.250 e. The number of benzene rings is 2. The highest BCUT2D eigenvalue weighted by Gasteiger charge is 2.17. The molecule has 2 heterocycles. The van der Waals surface area contributed by atoms with Crippen LogP contribution in [-0.2, 0) is 11.2 Å². The number of rotatable bonds is 11. The highest BCUT2D eigenvalue weighted by molar-refractivity contribution is 7.99. The number of hydrazone groups is 1. The molecule has 0 aliphatic heterocycles. The summed E-state index contributed by atoms with van der Waals surface area (Å²) in [6.07, 6.45) is 7.06. The van der Waals surface area contributed by atoms with Gasteiger partial charge in [-0.15, -0.1) is 16.8 Å². The van der Waals surface area contributed by atoms with Crippen LogP contribution in [0.25, 0.3) is 17.1 Å². The zero-order chi connectivity index (χ0) is 26.0. The Morgan fingerprint density at radius 1 is 1.19 bits per heavy atom. The summed E-state index contributed by atoms with van der Waals surface area (Å²) in [5, 5.41) is 23.5. The average Bonchev–Trinajstić information content (AvgIpc) is 3.35. The quantitative estimate of drug-likeness (QED) is 0.132. The number of thioether (sulfide) groups is 1. The van der Waals surface area contributed by atoms with Crippen LogP contribution in [-0.4, -0.2) is 49.3 Å². The molecule has 0 atom stereocenters. The van der Waals surface area contributed by atoms with Gasteiger partial charge in [-0.05, 0) is 61.4 Å². The van der Waals surface area contributed by atoms with Gasteiger partial charge in [-0.1, -0.05) is 30.0 Å². The standard InChI is InChI=1S/C27H26N6O3S/c1-3-7-19-8-5-9-20(25(19)35)17-29-30-24(34)18-37-27-32-31-26(21-10-6-15-28-16-21)33(27)22-11-13-23(14-12-22)36-4-2/h3,5-6,8-17,35H,1,4,7,18H2,2H3,(H,30,34). The van der Waals surface area contributed by atoms with E-state index in [1.54, 1.807) is 24.5 Å². The zero-order valence-corrected chi connectivity index (χ0v) is 21.1. The molecule has 188 valence electrons. The number of aromatic nitrogens is 4. The first-order chi connectivity index (χ1) is 18.1. The Bertz CT molecular complexity index is 1390. The minimum absolute atomic E-state index is 0.0576. The first-order valence-corrected chi connectivity index (χ1v) is 12.5. The molecule has 0 saturated heterocycles. The molecule has 2 N–H and O–H groups in total. The van der Waals surface area contributed by atoms with Crippen molar-refractivity contribution in [3.05, 3.63) is 90.8 Å². The fraction of sp³-hybridized carbons (Fsp3) is 0.148. The van der Waals surface area contributed by atoms with Crippen LogP contribution in [0, 0.1) is 0 Å². The van der Waals surface area contributed by atoms with Gasteiger partial charge in [-0.25, -0.2) is 5.43 Å². The predicted molar refractivity (Wildman–Crippen MR) is 144 cm³/mol. The van der Waals surface area contributed by atoms with Crippen LogP contribution >= 0.6 is 11.8 Å². The molecule has 0 spiro atoms. The molecule has 37 heavy (non-hydrogen) atoms. The second-order valence-electron chi connectivity index (χ2n) is 7.74. The number of nitrogens with one attached hydrogen (secondary N) is 1. The third-order valence-electron chi connectivity index (χ3n) is 5.20. The molecule has 10 heteroatoms. The van der Waals surface area contributed by atoms with E-state index in [1.165, 1.54) is 18.0 Å². The highest BCUT2D eigenvalue weighted by atomic mass is 32.2. The topological polar surface area (TPSA) is 115 Å². The van der Waals surface area contributed by atoms with E-state index in [4.69, 9.17) is 4.74 Å². The molecule has 2 aromatic heterocycles. The lowest BCUT2D eigenvalue weighted by Crippen LogP contribution is -2.20. The number of hydrogen-bond donors (Lipinski definition) is 2. The van der Waals surface area contributed by atoms with Crippen LogP contribution in [0.5, 0.6) is 11.5 Å². The Hall–Kier alpha value is -4.44. The summed E-state index contributed by atoms with van der Waals surface area (Å²) in [7, 11) is 0. The maximum atomic E-state index is 12.5. The van der Waals surface area contributed by atoms with Crippen molar-refractivity contribution < 1.29 is 14.6 Å². The number of allylic oxidation sites excluding steroid dienone is 1. The van der Waals surface area contributed by atoms with Gasteiger partial charge in [-0.3, -0.25) is 14.3 Å². The number of carbonyl (C=O) groups is 1. The number of ether oxygens (including phenoxy) is 1. The van der Waals surface area contributed by atoms with Crippen LogP contribution in [0.1, 0.15) is 18.1 Å². The highest BCUT2D eigenvalue weighted by Crippen LogP contribution is 2.28. The van der Waals surface area contributed by atoms with Crippen LogP contribution < -0.4 is 10.2 Å². The van der Waals surface area contributed by atoms with E-state index >= 15 is 0 Å². The van der Waals surface area contributed by atoms with E-state index in [-0.39, 0.29) is 17.4 Å². The molecule has 0 aliphatic rings. The summed E-state index contributed by atoms with van der Waals surface area (Å²) in [6, 6.07) is 16.6. The molecule has 4 aromatic rings. The van der Waals surface area contributed by atoms with E-state index in [9.17, 15) is 9.90 Å². The lowest BCUT2D eigenvalue weighted by Gasteiger charge is -2.11. The Morgan fingerprint density at radius 3 is 2.76 bits per heavy atom. The molecule has 0 radical (unpaired) electrons. The van der Waals surface area contributed by atoms with E-state index in [0.29, 0.717) is 29.6 Å². The fourth-order valence-electron chi connectivity index (χ4n) is 3.51. The number of pyridine rings is 1. The Morgan fingerprint density at radius 2 is 2.03 bits per heavy atom. The Balaban J connectivity index is 1.49. The lowest BCUT2D eigenvalue weighted by molar-refractivity contribution is -0.118. The maximum Gasteiger partial charge on any atom is 0.250 e. The van der Waals surface area contributed by atoms with Gasteiger partial charge < -0.3 is 9.84 Å². The second-order valence-corrected chi connectivity index (χ2v) is 8.68. The van der Waals surface area contributed by atoms with Gasteiger partial charge in [-0.2, -0.15) is 5.10 Å². The Labute approximate surface area is 218 Å². The van der Waals surface area contributed by atoms with Gasteiger partial charge in [0, 0.05) is 29.2 Å². The number of carbonyl (C=O) groups excluding carboxylic acids is 1. The SMILES string of the molecule is C=CCc1cccc(C=NNC(=O)CSc2nnc(-c3cccnc3)n2-c2ccc(OCC)cc2)c1O. The summed E-state index contributed by atoms with van der Waals surface area (Å²) in [5.41, 5.74) is 5.35. The van der Waals surface area contributed by atoms with Gasteiger partial charge in [0.1, 0.15) is 11.5 Å². The number of nitrogens with zero attached hydrogens (tertiary/aromatic N) is 5. The molecule has 0 bridgehead atoms. The molecule has 0 saturated carbocycles. The second kappa shape index (κ2) is 12.5. The van der Waals surface area contributed by atoms with Gasteiger partial charge in [0.25, 0.3) is 5.91 Å².